The van der Waals surface area contributed by atoms with Gasteiger partial charge >= 0.3 is 6.03 Å². The van der Waals surface area contributed by atoms with E-state index < -0.39 is 6.03 Å². The van der Waals surface area contributed by atoms with Gasteiger partial charge in [0.1, 0.15) is 23.1 Å². The van der Waals surface area contributed by atoms with E-state index in [1.54, 1.807) is 54.4 Å². The molecule has 0 atom stereocenters. The van der Waals surface area contributed by atoms with Gasteiger partial charge in [0.15, 0.2) is 0 Å². The molecule has 57 heavy (non-hydrogen) atoms. The minimum atomic E-state index is -0.457. The highest BCUT2D eigenvalue weighted by atomic mass is 16.5. The Morgan fingerprint density at radius 1 is 0.772 bits per heavy atom. The van der Waals surface area contributed by atoms with Crippen molar-refractivity contribution in [2.75, 3.05) is 57.4 Å². The first-order valence-electron chi connectivity index (χ1n) is 18.1. The minimum Gasteiger partial charge on any atom is -0.497 e. The molecule has 7 rings (SSSR count). The van der Waals surface area contributed by atoms with E-state index in [1.165, 1.54) is 7.11 Å². The van der Waals surface area contributed by atoms with Crippen LogP contribution in [-0.2, 0) is 0 Å². The summed E-state index contributed by atoms with van der Waals surface area (Å²) in [6, 6.07) is 36.4. The first-order valence-corrected chi connectivity index (χ1v) is 18.1. The maximum Gasteiger partial charge on any atom is 0.324 e. The Labute approximate surface area is 329 Å². The summed E-state index contributed by atoms with van der Waals surface area (Å²) in [6.45, 7) is 1.21. The lowest BCUT2D eigenvalue weighted by atomic mass is 10.1. The van der Waals surface area contributed by atoms with E-state index >= 15 is 0 Å². The molecule has 0 bridgehead atoms. The molecule has 0 unspecified atom stereocenters. The van der Waals surface area contributed by atoms with E-state index in [9.17, 15) is 9.59 Å². The van der Waals surface area contributed by atoms with Crippen molar-refractivity contribution in [2.45, 2.75) is 0 Å². The summed E-state index contributed by atoms with van der Waals surface area (Å²) >= 11 is 0. The first kappa shape index (κ1) is 37.8. The van der Waals surface area contributed by atoms with Gasteiger partial charge in [-0.05, 0) is 62.6 Å². The van der Waals surface area contributed by atoms with Crippen LogP contribution in [0.2, 0.25) is 0 Å². The van der Waals surface area contributed by atoms with Crippen molar-refractivity contribution in [3.63, 3.8) is 0 Å². The molecular weight excluding hydrogens is 723 g/mol. The normalized spacial score (nSPS) is 10.9. The summed E-state index contributed by atoms with van der Waals surface area (Å²) in [7, 11) is 7.03. The predicted octanol–water partition coefficient (Wildman–Crippen LogP) is 7.97. The Balaban J connectivity index is 1.09. The van der Waals surface area contributed by atoms with Crippen LogP contribution in [0, 0.1) is 0 Å². The third-order valence-corrected chi connectivity index (χ3v) is 8.82. The average molecular weight is 764 g/mol. The topological polar surface area (TPSA) is 157 Å². The quantitative estimate of drug-likeness (QED) is 0.0857. The summed E-state index contributed by atoms with van der Waals surface area (Å²) in [4.78, 5) is 37.4. The third-order valence-electron chi connectivity index (χ3n) is 8.82. The standard InChI is InChI=1S/C43H41N9O5/c1-51(2)23-22-44-41(53)29-24-30(26-33(25-29)56-4)46-42-45-21-20-40(49-42)57-38-19-18-36(34-12-8-9-13-35(34)38)47-43(54)48-39-27-37(28-10-6-5-7-11-28)50-52(39)31-14-16-32(55-3)17-15-31/h5-21,24-27H,22-23H2,1-4H3,(H,44,53)(H,45,46,49)(H2,47,48,54). The van der Waals surface area contributed by atoms with Crippen molar-refractivity contribution in [1.29, 1.82) is 0 Å². The van der Waals surface area contributed by atoms with Crippen LogP contribution in [0.5, 0.6) is 23.1 Å². The van der Waals surface area contributed by atoms with Crippen molar-refractivity contribution < 1.29 is 23.8 Å². The van der Waals surface area contributed by atoms with Crippen LogP contribution in [0.3, 0.4) is 0 Å². The van der Waals surface area contributed by atoms with Gasteiger partial charge in [0.2, 0.25) is 11.8 Å². The predicted molar refractivity (Wildman–Crippen MR) is 221 cm³/mol. The van der Waals surface area contributed by atoms with E-state index in [2.05, 4.69) is 31.2 Å². The number of carbonyl (C=O) groups excluding carboxylic acids is 2. The van der Waals surface area contributed by atoms with E-state index in [1.807, 2.05) is 104 Å². The van der Waals surface area contributed by atoms with Gasteiger partial charge in [0.05, 0.1) is 31.3 Å². The zero-order chi connectivity index (χ0) is 39.7. The van der Waals surface area contributed by atoms with E-state index in [0.717, 1.165) is 22.0 Å². The van der Waals surface area contributed by atoms with Gasteiger partial charge < -0.3 is 35.1 Å². The largest absolute Gasteiger partial charge is 0.497 e. The molecule has 0 aliphatic rings. The first-order chi connectivity index (χ1) is 27.8. The number of carbonyl (C=O) groups is 2. The summed E-state index contributed by atoms with van der Waals surface area (Å²) in [6.07, 6.45) is 1.57. The van der Waals surface area contributed by atoms with Crippen LogP contribution in [0.25, 0.3) is 27.7 Å². The smallest absolute Gasteiger partial charge is 0.324 e. The third kappa shape index (κ3) is 9.27. The molecule has 288 valence electrons. The van der Waals surface area contributed by atoms with Crippen molar-refractivity contribution in [3.8, 4) is 40.1 Å². The molecule has 0 saturated carbocycles. The molecule has 4 N–H and O–H groups in total. The molecule has 14 nitrogen and oxygen atoms in total. The molecule has 3 amide bonds. The lowest BCUT2D eigenvalue weighted by Crippen LogP contribution is -2.31. The van der Waals surface area contributed by atoms with Gasteiger partial charge in [-0.2, -0.15) is 10.1 Å². The molecule has 0 spiro atoms. The van der Waals surface area contributed by atoms with E-state index in [-0.39, 0.29) is 17.7 Å². The highest BCUT2D eigenvalue weighted by Gasteiger charge is 2.17. The van der Waals surface area contributed by atoms with Crippen molar-refractivity contribution in [3.05, 3.63) is 133 Å². The number of methoxy groups -OCH3 is 2. The second-order valence-electron chi connectivity index (χ2n) is 13.1. The number of nitrogens with one attached hydrogen (secondary N) is 4. The molecule has 5 aromatic carbocycles. The summed E-state index contributed by atoms with van der Waals surface area (Å²) in [5.41, 5.74) is 3.91. The molecule has 0 aliphatic heterocycles. The lowest BCUT2D eigenvalue weighted by Gasteiger charge is -2.15. The highest BCUT2D eigenvalue weighted by molar-refractivity contribution is 6.07. The maximum atomic E-state index is 13.6. The van der Waals surface area contributed by atoms with Crippen LogP contribution < -0.4 is 35.5 Å². The Bertz CT molecular complexity index is 2510. The van der Waals surface area contributed by atoms with E-state index in [4.69, 9.17) is 19.3 Å². The fraction of sp³-hybridized carbons (Fsp3) is 0.140. The van der Waals surface area contributed by atoms with Crippen molar-refractivity contribution in [1.82, 2.24) is 30.0 Å². The fourth-order valence-corrected chi connectivity index (χ4v) is 6.00. The number of fused-ring (bicyclic) bond motifs is 1. The second kappa shape index (κ2) is 17.3. The molecule has 2 aromatic heterocycles. The van der Waals surface area contributed by atoms with Gasteiger partial charge in [-0.3, -0.25) is 10.1 Å². The number of rotatable bonds is 14. The average Bonchev–Trinajstić information content (AvgIpc) is 3.65. The molecule has 7 aromatic rings. The molecule has 0 aliphatic carbocycles. The van der Waals surface area contributed by atoms with Gasteiger partial charge in [-0.25, -0.2) is 14.5 Å². The summed E-state index contributed by atoms with van der Waals surface area (Å²) < 4.78 is 18.8. The van der Waals surface area contributed by atoms with Crippen molar-refractivity contribution >= 4 is 45.9 Å². The molecular formula is C43H41N9O5. The zero-order valence-corrected chi connectivity index (χ0v) is 31.8. The van der Waals surface area contributed by atoms with Gasteiger partial charge in [-0.15, -0.1) is 0 Å². The number of hydrogen-bond acceptors (Lipinski definition) is 10. The summed E-state index contributed by atoms with van der Waals surface area (Å²) in [5.74, 6) is 2.50. The number of hydrogen-bond donors (Lipinski definition) is 4. The van der Waals surface area contributed by atoms with Crippen LogP contribution in [0.15, 0.2) is 128 Å². The SMILES string of the molecule is COc1ccc(-n2nc(-c3ccccc3)cc2NC(=O)Nc2ccc(Oc3ccnc(Nc4cc(OC)cc(C(=O)NCCN(C)C)c4)n3)c3ccccc23)cc1. The Morgan fingerprint density at radius 3 is 2.28 bits per heavy atom. The van der Waals surface area contributed by atoms with Gasteiger partial charge in [0.25, 0.3) is 5.91 Å². The lowest BCUT2D eigenvalue weighted by molar-refractivity contribution is 0.0950. The fourth-order valence-electron chi connectivity index (χ4n) is 6.00. The number of benzene rings is 5. The molecule has 2 heterocycles. The number of likely N-dealkylation sites (N-methyl/N-ethyl adjacent to an activating group) is 1. The Morgan fingerprint density at radius 2 is 1.53 bits per heavy atom. The van der Waals surface area contributed by atoms with Crippen LogP contribution >= 0.6 is 0 Å². The zero-order valence-electron chi connectivity index (χ0n) is 31.8. The van der Waals surface area contributed by atoms with Crippen molar-refractivity contribution in [2.24, 2.45) is 0 Å². The van der Waals surface area contributed by atoms with E-state index in [0.29, 0.717) is 58.8 Å². The number of anilines is 4. The monoisotopic (exact) mass is 763 g/mol. The maximum absolute atomic E-state index is 13.6. The number of nitrogens with zero attached hydrogens (tertiary/aromatic N) is 5. The molecule has 0 radical (unpaired) electrons. The number of ether oxygens (including phenoxy) is 3. The van der Waals surface area contributed by atoms with Gasteiger partial charge in [0, 0.05) is 65.1 Å². The second-order valence-corrected chi connectivity index (χ2v) is 13.1. The van der Waals surface area contributed by atoms with Crippen LogP contribution in [0.1, 0.15) is 10.4 Å². The van der Waals surface area contributed by atoms with Crippen LogP contribution in [0.4, 0.5) is 27.9 Å². The highest BCUT2D eigenvalue weighted by Crippen LogP contribution is 2.35. The number of aromatic nitrogens is 4. The minimum absolute atomic E-state index is 0.225. The number of amides is 3. The van der Waals surface area contributed by atoms with Crippen LogP contribution in [-0.4, -0.2) is 78.0 Å². The Kier molecular flexibility index (Phi) is 11.5. The molecule has 0 saturated heterocycles. The number of urea groups is 1. The molecule has 0 fully saturated rings. The van der Waals surface area contributed by atoms with Gasteiger partial charge in [-0.1, -0.05) is 54.6 Å². The summed E-state index contributed by atoms with van der Waals surface area (Å²) in [5, 5.41) is 18.4. The Hall–Kier alpha value is -7.45. The molecule has 14 heteroatoms.